The molecule has 0 radical (unpaired) electrons. The van der Waals surface area contributed by atoms with E-state index in [1.165, 1.54) is 19.1 Å². The summed E-state index contributed by atoms with van der Waals surface area (Å²) in [5, 5.41) is 2.53. The molecule has 214 valence electrons. The quantitative estimate of drug-likeness (QED) is 0.147. The second-order valence-corrected chi connectivity index (χ2v) is 18.2. The minimum atomic E-state index is -3.40. The molecule has 38 heavy (non-hydrogen) atoms. The summed E-state index contributed by atoms with van der Waals surface area (Å²) in [5.74, 6) is -0.379. The van der Waals surface area contributed by atoms with Crippen LogP contribution in [0.2, 0.25) is 25.7 Å². The molecule has 2 amide bonds. The smallest absolute Gasteiger partial charge is 0.410 e. The Hall–Kier alpha value is -2.40. The number of benzene rings is 1. The summed E-state index contributed by atoms with van der Waals surface area (Å²) in [6.07, 6.45) is -0.271. The third-order valence-electron chi connectivity index (χ3n) is 6.15. The van der Waals surface area contributed by atoms with E-state index in [1.54, 1.807) is 0 Å². The first-order chi connectivity index (χ1) is 18.0. The lowest BCUT2D eigenvalue weighted by Gasteiger charge is -2.30. The van der Waals surface area contributed by atoms with Gasteiger partial charge in [0.15, 0.2) is 0 Å². The van der Waals surface area contributed by atoms with Gasteiger partial charge in [-0.25, -0.2) is 9.59 Å². The van der Waals surface area contributed by atoms with Gasteiger partial charge in [-0.3, -0.25) is 14.3 Å². The molecule has 0 spiro atoms. The molecule has 1 heterocycles. The van der Waals surface area contributed by atoms with Crippen LogP contribution in [0.3, 0.4) is 0 Å². The fourth-order valence-corrected chi connectivity index (χ4v) is 5.95. The molecule has 0 saturated carbocycles. The summed E-state index contributed by atoms with van der Waals surface area (Å²) < 4.78 is 39.0. The maximum atomic E-state index is 13.1. The molecule has 0 aliphatic carbocycles. The number of esters is 1. The van der Waals surface area contributed by atoms with Gasteiger partial charge in [-0.1, -0.05) is 50.0 Å². The van der Waals surface area contributed by atoms with Crippen molar-refractivity contribution in [2.24, 2.45) is 0 Å². The number of hydrogen-bond donors (Lipinski definition) is 1. The molecule has 13 heteroatoms. The molecule has 1 aromatic carbocycles. The van der Waals surface area contributed by atoms with Crippen LogP contribution in [0.15, 0.2) is 30.3 Å². The molecule has 1 aliphatic heterocycles. The number of carbonyl (C=O) groups is 3. The normalized spacial score (nSPS) is 17.7. The van der Waals surface area contributed by atoms with E-state index >= 15 is 0 Å². The average molecular weight is 573 g/mol. The molecule has 0 bridgehead atoms. The van der Waals surface area contributed by atoms with Gasteiger partial charge in [-0.05, 0) is 24.4 Å². The van der Waals surface area contributed by atoms with Gasteiger partial charge >= 0.3 is 25.8 Å². The van der Waals surface area contributed by atoms with Crippen molar-refractivity contribution in [3.8, 4) is 0 Å². The van der Waals surface area contributed by atoms with Crippen molar-refractivity contribution in [3.63, 3.8) is 0 Å². The number of rotatable bonds is 14. The first-order valence-electron chi connectivity index (χ1n) is 12.7. The number of carbonyl (C=O) groups excluding carboxylic acids is 3. The first-order valence-corrected chi connectivity index (χ1v) is 18.2. The van der Waals surface area contributed by atoms with Crippen molar-refractivity contribution in [2.45, 2.75) is 63.6 Å². The molecule has 1 aliphatic rings. The SMILES string of the molecule is COP(=O)(C[C@H]1CC[C@@H](COC(=O)NCCC(=O)OCC[Si](C)(C)C)N1C(=O)OCc1ccccc1)OC. The van der Waals surface area contributed by atoms with Crippen LogP contribution in [-0.2, 0) is 39.2 Å². The molecule has 11 nitrogen and oxygen atoms in total. The van der Waals surface area contributed by atoms with E-state index in [0.717, 1.165) is 11.6 Å². The number of likely N-dealkylation sites (tertiary alicyclic amines) is 1. The van der Waals surface area contributed by atoms with E-state index in [4.69, 9.17) is 23.3 Å². The zero-order valence-electron chi connectivity index (χ0n) is 23.0. The summed E-state index contributed by atoms with van der Waals surface area (Å²) in [5.41, 5.74) is 0.822. The van der Waals surface area contributed by atoms with E-state index in [9.17, 15) is 18.9 Å². The summed E-state index contributed by atoms with van der Waals surface area (Å²) >= 11 is 0. The number of nitrogens with one attached hydrogen (secondary N) is 1. The molecule has 1 saturated heterocycles. The second-order valence-electron chi connectivity index (χ2n) is 10.3. The highest BCUT2D eigenvalue weighted by atomic mass is 31.2. The maximum Gasteiger partial charge on any atom is 0.410 e. The number of amides is 2. The third-order valence-corrected chi connectivity index (χ3v) is 9.83. The van der Waals surface area contributed by atoms with E-state index in [2.05, 4.69) is 25.0 Å². The predicted octanol–water partition coefficient (Wildman–Crippen LogP) is 4.64. The van der Waals surface area contributed by atoms with Crippen molar-refractivity contribution < 1.29 is 42.2 Å². The zero-order chi connectivity index (χ0) is 28.2. The Morgan fingerprint density at radius 2 is 1.66 bits per heavy atom. The van der Waals surface area contributed by atoms with Gasteiger partial charge in [0, 0.05) is 34.9 Å². The zero-order valence-corrected chi connectivity index (χ0v) is 24.9. The Morgan fingerprint density at radius 3 is 2.29 bits per heavy atom. The molecule has 2 rings (SSSR count). The molecule has 1 aromatic rings. The Balaban J connectivity index is 1.89. The number of nitrogens with zero attached hydrogens (tertiary/aromatic N) is 1. The topological polar surface area (TPSA) is 130 Å². The Kier molecular flexibility index (Phi) is 12.8. The van der Waals surface area contributed by atoms with E-state index in [1.807, 2.05) is 30.3 Å². The fraction of sp³-hybridized carbons (Fsp3) is 0.640. The van der Waals surface area contributed by atoms with Gasteiger partial charge in [0.25, 0.3) is 0 Å². The molecule has 2 atom stereocenters. The van der Waals surface area contributed by atoms with Crippen molar-refractivity contribution >= 4 is 33.8 Å². The third kappa shape index (κ3) is 11.1. The average Bonchev–Trinajstić information content (AvgIpc) is 3.27. The number of hydrogen-bond acceptors (Lipinski definition) is 9. The lowest BCUT2D eigenvalue weighted by molar-refractivity contribution is -0.142. The van der Waals surface area contributed by atoms with E-state index in [0.29, 0.717) is 19.4 Å². The van der Waals surface area contributed by atoms with Gasteiger partial charge in [-0.2, -0.15) is 0 Å². The summed E-state index contributed by atoms with van der Waals surface area (Å²) in [6.45, 7) is 7.03. The van der Waals surface area contributed by atoms with Crippen LogP contribution >= 0.6 is 7.60 Å². The summed E-state index contributed by atoms with van der Waals surface area (Å²) in [7, 11) is -2.10. The van der Waals surface area contributed by atoms with Gasteiger partial charge < -0.3 is 28.6 Å². The largest absolute Gasteiger partial charge is 0.466 e. The molecule has 0 aromatic heterocycles. The minimum absolute atomic E-state index is 0.0110. The van der Waals surface area contributed by atoms with E-state index in [-0.39, 0.29) is 38.3 Å². The highest BCUT2D eigenvalue weighted by Crippen LogP contribution is 2.49. The lowest BCUT2D eigenvalue weighted by atomic mass is 10.2. The van der Waals surface area contributed by atoms with Gasteiger partial charge in [0.1, 0.15) is 13.2 Å². The lowest BCUT2D eigenvalue weighted by Crippen LogP contribution is -2.45. The van der Waals surface area contributed by atoms with Crippen LogP contribution < -0.4 is 5.32 Å². The number of alkyl carbamates (subject to hydrolysis) is 1. The van der Waals surface area contributed by atoms with Gasteiger partial charge in [-0.15, -0.1) is 0 Å². The maximum absolute atomic E-state index is 13.1. The highest BCUT2D eigenvalue weighted by Gasteiger charge is 2.42. The molecular formula is C25H41N2O9PSi. The van der Waals surface area contributed by atoms with Crippen molar-refractivity contribution in [1.82, 2.24) is 10.2 Å². The molecule has 1 fully saturated rings. The molecular weight excluding hydrogens is 531 g/mol. The Labute approximate surface area is 226 Å². The summed E-state index contributed by atoms with van der Waals surface area (Å²) in [6, 6.07) is 9.15. The van der Waals surface area contributed by atoms with Crippen molar-refractivity contribution in [1.29, 1.82) is 0 Å². The Bertz CT molecular complexity index is 950. The standard InChI is InChI=1S/C25H41N2O9PSi/c1-32-37(31,33-2)19-22-12-11-21(27(22)25(30)36-17-20-9-7-6-8-10-20)18-35-24(29)26-14-13-23(28)34-15-16-38(3,4)5/h6-10,21-22H,11-19H2,1-5H3,(H,26,29)/t21-,22+/m0/s1. The van der Waals surface area contributed by atoms with Crippen LogP contribution in [0.25, 0.3) is 0 Å². The van der Waals surface area contributed by atoms with Crippen LogP contribution in [-0.4, -0.2) is 83.4 Å². The molecule has 1 N–H and O–H groups in total. The first kappa shape index (κ1) is 31.8. The predicted molar refractivity (Wildman–Crippen MR) is 145 cm³/mol. The van der Waals surface area contributed by atoms with Gasteiger partial charge in [0.2, 0.25) is 0 Å². The highest BCUT2D eigenvalue weighted by molar-refractivity contribution is 7.53. The van der Waals surface area contributed by atoms with Crippen LogP contribution in [0.4, 0.5) is 9.59 Å². The second kappa shape index (κ2) is 15.3. The minimum Gasteiger partial charge on any atom is -0.466 e. The Morgan fingerprint density at radius 1 is 1.00 bits per heavy atom. The van der Waals surface area contributed by atoms with Crippen molar-refractivity contribution in [2.75, 3.05) is 40.1 Å². The summed E-state index contributed by atoms with van der Waals surface area (Å²) in [4.78, 5) is 38.6. The number of ether oxygens (including phenoxy) is 3. The van der Waals surface area contributed by atoms with Crippen molar-refractivity contribution in [3.05, 3.63) is 35.9 Å². The van der Waals surface area contributed by atoms with Crippen LogP contribution in [0, 0.1) is 0 Å². The monoisotopic (exact) mass is 572 g/mol. The fourth-order valence-electron chi connectivity index (χ4n) is 3.91. The van der Waals surface area contributed by atoms with Crippen LogP contribution in [0.5, 0.6) is 0 Å². The van der Waals surface area contributed by atoms with Crippen LogP contribution in [0.1, 0.15) is 24.8 Å². The van der Waals surface area contributed by atoms with Gasteiger partial charge in [0.05, 0.1) is 25.2 Å². The molecule has 0 unspecified atom stereocenters. The van der Waals surface area contributed by atoms with E-state index < -0.39 is 39.9 Å².